The third-order valence-electron chi connectivity index (χ3n) is 6.32. The van der Waals surface area contributed by atoms with Crippen LogP contribution < -0.4 is 0 Å². The van der Waals surface area contributed by atoms with Gasteiger partial charge in [-0.05, 0) is 30.3 Å². The summed E-state index contributed by atoms with van der Waals surface area (Å²) in [6, 6.07) is 33.2. The van der Waals surface area contributed by atoms with Gasteiger partial charge in [0.2, 0.25) is 0 Å². The standard InChI is InChI=1S/C30H18N4/c1-4-23(25-14-12-21-10-8-19-6-2-16-31-27(19)29(21)33-25)18-24(5-1)26-15-13-22-11-9-20-7-3-17-32-28(20)30(22)34-26/h1-18H. The van der Waals surface area contributed by atoms with E-state index in [-0.39, 0.29) is 0 Å². The minimum atomic E-state index is 0.917. The molecule has 7 rings (SSSR count). The Kier molecular flexibility index (Phi) is 4.11. The molecule has 0 unspecified atom stereocenters. The zero-order valence-electron chi connectivity index (χ0n) is 18.2. The Balaban J connectivity index is 1.38. The van der Waals surface area contributed by atoms with Gasteiger partial charge in [0.1, 0.15) is 0 Å². The lowest BCUT2D eigenvalue weighted by atomic mass is 10.0. The molecular weight excluding hydrogens is 416 g/mol. The van der Waals surface area contributed by atoms with Crippen molar-refractivity contribution in [3.63, 3.8) is 0 Å². The molecule has 4 heteroatoms. The minimum Gasteiger partial charge on any atom is -0.254 e. The second-order valence-corrected chi connectivity index (χ2v) is 8.40. The summed E-state index contributed by atoms with van der Waals surface area (Å²) in [5.74, 6) is 0. The zero-order valence-corrected chi connectivity index (χ0v) is 18.2. The molecule has 34 heavy (non-hydrogen) atoms. The highest BCUT2D eigenvalue weighted by molar-refractivity contribution is 6.04. The van der Waals surface area contributed by atoms with Crippen molar-refractivity contribution < 1.29 is 0 Å². The lowest BCUT2D eigenvalue weighted by Gasteiger charge is -2.09. The number of hydrogen-bond acceptors (Lipinski definition) is 4. The molecule has 4 aromatic heterocycles. The molecule has 4 nitrogen and oxygen atoms in total. The first-order chi connectivity index (χ1) is 16.8. The van der Waals surface area contributed by atoms with E-state index in [2.05, 4.69) is 94.9 Å². The second-order valence-electron chi connectivity index (χ2n) is 8.40. The molecule has 0 fully saturated rings. The van der Waals surface area contributed by atoms with E-state index < -0.39 is 0 Å². The Morgan fingerprint density at radius 2 is 0.824 bits per heavy atom. The van der Waals surface area contributed by atoms with Crippen LogP contribution in [-0.2, 0) is 0 Å². The van der Waals surface area contributed by atoms with Gasteiger partial charge in [-0.25, -0.2) is 9.97 Å². The van der Waals surface area contributed by atoms with E-state index in [1.54, 1.807) is 0 Å². The number of fused-ring (bicyclic) bond motifs is 6. The summed E-state index contributed by atoms with van der Waals surface area (Å²) in [6.45, 7) is 0. The van der Waals surface area contributed by atoms with Crippen LogP contribution in [0.3, 0.4) is 0 Å². The molecule has 0 N–H and O–H groups in total. The Morgan fingerprint density at radius 3 is 1.32 bits per heavy atom. The highest BCUT2D eigenvalue weighted by Crippen LogP contribution is 2.30. The van der Waals surface area contributed by atoms with E-state index in [4.69, 9.17) is 9.97 Å². The first kappa shape index (κ1) is 18.8. The molecule has 0 radical (unpaired) electrons. The van der Waals surface area contributed by atoms with Crippen molar-refractivity contribution in [1.82, 2.24) is 19.9 Å². The van der Waals surface area contributed by atoms with E-state index in [9.17, 15) is 0 Å². The normalized spacial score (nSPS) is 11.5. The van der Waals surface area contributed by atoms with E-state index in [0.717, 1.165) is 66.1 Å². The Labute approximate surface area is 195 Å². The number of benzene rings is 3. The molecule has 0 aliphatic carbocycles. The third-order valence-corrected chi connectivity index (χ3v) is 6.32. The van der Waals surface area contributed by atoms with Gasteiger partial charge >= 0.3 is 0 Å². The largest absolute Gasteiger partial charge is 0.254 e. The van der Waals surface area contributed by atoms with Crippen molar-refractivity contribution in [3.8, 4) is 22.5 Å². The summed E-state index contributed by atoms with van der Waals surface area (Å²) in [5.41, 5.74) is 7.61. The van der Waals surface area contributed by atoms with Gasteiger partial charge in [-0.1, -0.05) is 66.7 Å². The van der Waals surface area contributed by atoms with E-state index in [1.165, 1.54) is 0 Å². The topological polar surface area (TPSA) is 51.6 Å². The van der Waals surface area contributed by atoms with Gasteiger partial charge in [-0.15, -0.1) is 0 Å². The molecule has 0 aliphatic rings. The molecule has 0 amide bonds. The molecular formula is C30H18N4. The van der Waals surface area contributed by atoms with Crippen LogP contribution in [-0.4, -0.2) is 19.9 Å². The maximum absolute atomic E-state index is 5.01. The van der Waals surface area contributed by atoms with Crippen LogP contribution in [0.5, 0.6) is 0 Å². The van der Waals surface area contributed by atoms with Crippen molar-refractivity contribution in [2.24, 2.45) is 0 Å². The van der Waals surface area contributed by atoms with E-state index in [0.29, 0.717) is 0 Å². The average molecular weight is 435 g/mol. The Bertz CT molecular complexity index is 1740. The lowest BCUT2D eigenvalue weighted by molar-refractivity contribution is 1.36. The van der Waals surface area contributed by atoms with Gasteiger partial charge in [0, 0.05) is 45.1 Å². The first-order valence-electron chi connectivity index (χ1n) is 11.2. The molecule has 0 atom stereocenters. The van der Waals surface area contributed by atoms with Crippen molar-refractivity contribution in [2.45, 2.75) is 0 Å². The fourth-order valence-corrected chi connectivity index (χ4v) is 4.61. The predicted octanol–water partition coefficient (Wildman–Crippen LogP) is 7.21. The zero-order chi connectivity index (χ0) is 22.5. The van der Waals surface area contributed by atoms with Crippen molar-refractivity contribution >= 4 is 43.6 Å². The smallest absolute Gasteiger partial charge is 0.0972 e. The monoisotopic (exact) mass is 434 g/mol. The number of aromatic nitrogens is 4. The van der Waals surface area contributed by atoms with Gasteiger partial charge in [0.25, 0.3) is 0 Å². The maximum atomic E-state index is 5.01. The molecule has 0 saturated heterocycles. The first-order valence-corrected chi connectivity index (χ1v) is 11.2. The molecule has 3 aromatic carbocycles. The molecule has 4 heterocycles. The minimum absolute atomic E-state index is 0.917. The van der Waals surface area contributed by atoms with Crippen LogP contribution in [0.4, 0.5) is 0 Å². The third kappa shape index (κ3) is 3.00. The van der Waals surface area contributed by atoms with Gasteiger partial charge < -0.3 is 0 Å². The predicted molar refractivity (Wildman–Crippen MR) is 139 cm³/mol. The SMILES string of the molecule is c1cc(-c2ccc3ccc4cccnc4c3n2)cc(-c2ccc3ccc4cccnc4c3n2)c1. The lowest BCUT2D eigenvalue weighted by Crippen LogP contribution is -1.91. The van der Waals surface area contributed by atoms with Crippen molar-refractivity contribution in [2.75, 3.05) is 0 Å². The number of rotatable bonds is 2. The fraction of sp³-hybridized carbons (Fsp3) is 0. The molecule has 158 valence electrons. The van der Waals surface area contributed by atoms with Crippen LogP contribution in [0.1, 0.15) is 0 Å². The summed E-state index contributed by atoms with van der Waals surface area (Å²) in [5, 5.41) is 4.35. The van der Waals surface area contributed by atoms with Gasteiger partial charge in [0.15, 0.2) is 0 Å². The summed E-state index contributed by atoms with van der Waals surface area (Å²) in [6.07, 6.45) is 3.64. The van der Waals surface area contributed by atoms with Gasteiger partial charge in [-0.2, -0.15) is 0 Å². The summed E-state index contributed by atoms with van der Waals surface area (Å²) in [7, 11) is 0. The van der Waals surface area contributed by atoms with Crippen molar-refractivity contribution in [3.05, 3.63) is 109 Å². The molecule has 0 aliphatic heterocycles. The van der Waals surface area contributed by atoms with Crippen LogP contribution in [0.2, 0.25) is 0 Å². The maximum Gasteiger partial charge on any atom is 0.0972 e. The Hall–Kier alpha value is -4.70. The van der Waals surface area contributed by atoms with E-state index in [1.807, 2.05) is 24.5 Å². The van der Waals surface area contributed by atoms with Gasteiger partial charge in [-0.3, -0.25) is 9.97 Å². The molecule has 0 saturated carbocycles. The van der Waals surface area contributed by atoms with Crippen molar-refractivity contribution in [1.29, 1.82) is 0 Å². The number of hydrogen-bond donors (Lipinski definition) is 0. The van der Waals surface area contributed by atoms with Crippen LogP contribution in [0.25, 0.3) is 66.1 Å². The quantitative estimate of drug-likeness (QED) is 0.270. The van der Waals surface area contributed by atoms with Crippen LogP contribution in [0.15, 0.2) is 109 Å². The summed E-state index contributed by atoms with van der Waals surface area (Å²) < 4.78 is 0. The van der Waals surface area contributed by atoms with E-state index >= 15 is 0 Å². The highest BCUT2D eigenvalue weighted by Gasteiger charge is 2.09. The molecule has 7 aromatic rings. The number of pyridine rings is 4. The second kappa shape index (κ2) is 7.42. The fourth-order valence-electron chi connectivity index (χ4n) is 4.61. The summed E-state index contributed by atoms with van der Waals surface area (Å²) >= 11 is 0. The van der Waals surface area contributed by atoms with Gasteiger partial charge in [0.05, 0.1) is 33.5 Å². The summed E-state index contributed by atoms with van der Waals surface area (Å²) in [4.78, 5) is 19.2. The molecule has 0 spiro atoms. The number of nitrogens with zero attached hydrogens (tertiary/aromatic N) is 4. The molecule has 0 bridgehead atoms. The van der Waals surface area contributed by atoms with Crippen LogP contribution in [0, 0.1) is 0 Å². The Morgan fingerprint density at radius 1 is 0.382 bits per heavy atom. The highest BCUT2D eigenvalue weighted by atomic mass is 14.8. The average Bonchev–Trinajstić information content (AvgIpc) is 2.92. The van der Waals surface area contributed by atoms with Crippen LogP contribution >= 0.6 is 0 Å².